The lowest BCUT2D eigenvalue weighted by Gasteiger charge is -2.13. The smallest absolute Gasteiger partial charge is 0.347 e. The van der Waals surface area contributed by atoms with E-state index in [1.54, 1.807) is 18.3 Å². The minimum absolute atomic E-state index is 0.249. The molecule has 2 N–H and O–H groups in total. The average Bonchev–Trinajstić information content (AvgIpc) is 3.04. The molecular formula is C19H20N4O3. The molecule has 1 aromatic carbocycles. The van der Waals surface area contributed by atoms with Gasteiger partial charge in [0.15, 0.2) is 0 Å². The maximum atomic E-state index is 12.2. The van der Waals surface area contributed by atoms with E-state index >= 15 is 0 Å². The Balaban J connectivity index is 1.64. The van der Waals surface area contributed by atoms with E-state index in [1.807, 2.05) is 44.2 Å². The van der Waals surface area contributed by atoms with Crippen LogP contribution in [0.5, 0.6) is 0 Å². The fourth-order valence-electron chi connectivity index (χ4n) is 2.57. The number of benzene rings is 1. The summed E-state index contributed by atoms with van der Waals surface area (Å²) in [6, 6.07) is 12.1. The molecule has 1 atom stereocenters. The largest absolute Gasteiger partial charge is 0.464 e. The summed E-state index contributed by atoms with van der Waals surface area (Å²) in [5, 5.41) is 5.62. The maximum Gasteiger partial charge on any atom is 0.347 e. The molecule has 0 aliphatic carbocycles. The minimum Gasteiger partial charge on any atom is -0.464 e. The van der Waals surface area contributed by atoms with Gasteiger partial charge < -0.3 is 15.1 Å². The standard InChI is InChI=1S/C19H20N4O3/c1-13-7-8-17(26-13)14(2)21-18(24)22-16-6-3-5-15(11-16)12-23-10-4-9-20-19(23)25/h3-11,14H,12H2,1-2H3,(H2,21,22,24)/t14-/m1/s1. The van der Waals surface area contributed by atoms with Crippen LogP contribution in [-0.4, -0.2) is 15.6 Å². The normalized spacial score (nSPS) is 11.8. The number of rotatable bonds is 5. The van der Waals surface area contributed by atoms with Gasteiger partial charge in [-0.25, -0.2) is 14.6 Å². The molecule has 0 fully saturated rings. The molecule has 0 unspecified atom stereocenters. The predicted octanol–water partition coefficient (Wildman–Crippen LogP) is 3.08. The van der Waals surface area contributed by atoms with E-state index in [9.17, 15) is 9.59 Å². The molecule has 3 rings (SSSR count). The van der Waals surface area contributed by atoms with Gasteiger partial charge in [0.2, 0.25) is 0 Å². The number of nitrogens with zero attached hydrogens (tertiary/aromatic N) is 2. The molecule has 0 saturated carbocycles. The molecule has 134 valence electrons. The summed E-state index contributed by atoms with van der Waals surface area (Å²) >= 11 is 0. The van der Waals surface area contributed by atoms with Crippen LogP contribution in [0.3, 0.4) is 0 Å². The molecule has 0 bridgehead atoms. The van der Waals surface area contributed by atoms with Gasteiger partial charge in [-0.15, -0.1) is 0 Å². The quantitative estimate of drug-likeness (QED) is 0.738. The highest BCUT2D eigenvalue weighted by Gasteiger charge is 2.12. The SMILES string of the molecule is Cc1ccc([C@@H](C)NC(=O)Nc2cccc(Cn3cccnc3=O)c2)o1. The van der Waals surface area contributed by atoms with E-state index in [0.29, 0.717) is 18.0 Å². The molecule has 0 saturated heterocycles. The van der Waals surface area contributed by atoms with E-state index < -0.39 is 0 Å². The molecule has 3 aromatic rings. The second kappa shape index (κ2) is 7.69. The Morgan fingerprint density at radius 3 is 2.85 bits per heavy atom. The van der Waals surface area contributed by atoms with Gasteiger partial charge in [-0.1, -0.05) is 12.1 Å². The number of furan rings is 1. The summed E-state index contributed by atoms with van der Waals surface area (Å²) in [7, 11) is 0. The highest BCUT2D eigenvalue weighted by Crippen LogP contribution is 2.16. The number of aromatic nitrogens is 2. The van der Waals surface area contributed by atoms with Crippen molar-refractivity contribution in [3.05, 3.63) is 82.4 Å². The van der Waals surface area contributed by atoms with Crippen LogP contribution in [-0.2, 0) is 6.54 Å². The van der Waals surface area contributed by atoms with E-state index in [2.05, 4.69) is 15.6 Å². The van der Waals surface area contributed by atoms with Gasteiger partial charge in [-0.2, -0.15) is 0 Å². The van der Waals surface area contributed by atoms with Gasteiger partial charge in [-0.05, 0) is 49.7 Å². The van der Waals surface area contributed by atoms with Crippen molar-refractivity contribution in [2.24, 2.45) is 0 Å². The number of hydrogen-bond donors (Lipinski definition) is 2. The van der Waals surface area contributed by atoms with E-state index in [0.717, 1.165) is 11.3 Å². The number of hydrogen-bond acceptors (Lipinski definition) is 4. The first-order chi connectivity index (χ1) is 12.5. The van der Waals surface area contributed by atoms with Crippen molar-refractivity contribution >= 4 is 11.7 Å². The monoisotopic (exact) mass is 352 g/mol. The Morgan fingerprint density at radius 1 is 1.27 bits per heavy atom. The van der Waals surface area contributed by atoms with Crippen LogP contribution in [0.1, 0.15) is 30.0 Å². The van der Waals surface area contributed by atoms with Gasteiger partial charge in [0, 0.05) is 18.1 Å². The van der Waals surface area contributed by atoms with Crippen LogP contribution in [0.2, 0.25) is 0 Å². The van der Waals surface area contributed by atoms with Crippen molar-refractivity contribution in [3.63, 3.8) is 0 Å². The molecule has 26 heavy (non-hydrogen) atoms. The van der Waals surface area contributed by atoms with Crippen LogP contribution < -0.4 is 16.3 Å². The van der Waals surface area contributed by atoms with Gasteiger partial charge in [0.1, 0.15) is 11.5 Å². The van der Waals surface area contributed by atoms with Gasteiger partial charge in [-0.3, -0.25) is 4.57 Å². The van der Waals surface area contributed by atoms with E-state index in [1.165, 1.54) is 10.8 Å². The number of carbonyl (C=O) groups excluding carboxylic acids is 1. The fourth-order valence-corrected chi connectivity index (χ4v) is 2.57. The number of urea groups is 1. The van der Waals surface area contributed by atoms with Gasteiger partial charge in [0.05, 0.1) is 12.6 Å². The maximum absolute atomic E-state index is 12.2. The fraction of sp³-hybridized carbons (Fsp3) is 0.211. The summed E-state index contributed by atoms with van der Waals surface area (Å²) in [6.45, 7) is 4.09. The molecule has 2 aromatic heterocycles. The number of amides is 2. The summed E-state index contributed by atoms with van der Waals surface area (Å²) in [6.07, 6.45) is 3.14. The lowest BCUT2D eigenvalue weighted by molar-refractivity contribution is 0.247. The molecule has 7 nitrogen and oxygen atoms in total. The molecule has 0 aliphatic rings. The Kier molecular flexibility index (Phi) is 5.17. The average molecular weight is 352 g/mol. The number of carbonyl (C=O) groups is 1. The molecule has 7 heteroatoms. The molecular weight excluding hydrogens is 332 g/mol. The Hall–Kier alpha value is -3.35. The second-order valence-electron chi connectivity index (χ2n) is 6.00. The first kappa shape index (κ1) is 17.5. The highest BCUT2D eigenvalue weighted by molar-refractivity contribution is 5.89. The minimum atomic E-state index is -0.331. The topological polar surface area (TPSA) is 89.2 Å². The zero-order valence-electron chi connectivity index (χ0n) is 14.6. The van der Waals surface area contributed by atoms with Crippen molar-refractivity contribution in [2.45, 2.75) is 26.4 Å². The van der Waals surface area contributed by atoms with Crippen molar-refractivity contribution in [1.82, 2.24) is 14.9 Å². The van der Waals surface area contributed by atoms with Crippen molar-refractivity contribution in [2.75, 3.05) is 5.32 Å². The summed E-state index contributed by atoms with van der Waals surface area (Å²) in [5.74, 6) is 1.50. The van der Waals surface area contributed by atoms with Crippen molar-refractivity contribution in [3.8, 4) is 0 Å². The van der Waals surface area contributed by atoms with Gasteiger partial charge in [0.25, 0.3) is 0 Å². The lowest BCUT2D eigenvalue weighted by atomic mass is 10.2. The Morgan fingerprint density at radius 2 is 2.12 bits per heavy atom. The predicted molar refractivity (Wildman–Crippen MR) is 98.1 cm³/mol. The van der Waals surface area contributed by atoms with Crippen LogP contribution in [0.4, 0.5) is 10.5 Å². The third-order valence-electron chi connectivity index (χ3n) is 3.86. The third-order valence-corrected chi connectivity index (χ3v) is 3.86. The molecule has 2 heterocycles. The highest BCUT2D eigenvalue weighted by atomic mass is 16.3. The van der Waals surface area contributed by atoms with Crippen molar-refractivity contribution in [1.29, 1.82) is 0 Å². The molecule has 2 amide bonds. The first-order valence-corrected chi connectivity index (χ1v) is 8.25. The summed E-state index contributed by atoms with van der Waals surface area (Å²) in [5.41, 5.74) is 1.21. The van der Waals surface area contributed by atoms with Crippen molar-refractivity contribution < 1.29 is 9.21 Å². The number of nitrogens with one attached hydrogen (secondary N) is 2. The second-order valence-corrected chi connectivity index (χ2v) is 6.00. The van der Waals surface area contributed by atoms with Crippen LogP contribution in [0.15, 0.2) is 64.1 Å². The zero-order chi connectivity index (χ0) is 18.5. The lowest BCUT2D eigenvalue weighted by Crippen LogP contribution is -2.31. The van der Waals surface area contributed by atoms with E-state index in [-0.39, 0.29) is 17.8 Å². The Bertz CT molecular complexity index is 961. The first-order valence-electron chi connectivity index (χ1n) is 8.25. The summed E-state index contributed by atoms with van der Waals surface area (Å²) in [4.78, 5) is 27.6. The molecule has 0 aliphatic heterocycles. The summed E-state index contributed by atoms with van der Waals surface area (Å²) < 4.78 is 7.01. The third kappa shape index (κ3) is 4.38. The Labute approximate surface area is 150 Å². The molecule has 0 spiro atoms. The van der Waals surface area contributed by atoms with Gasteiger partial charge >= 0.3 is 11.7 Å². The number of aryl methyl sites for hydroxylation is 1. The van der Waals surface area contributed by atoms with Crippen LogP contribution >= 0.6 is 0 Å². The molecule has 0 radical (unpaired) electrons. The zero-order valence-corrected chi connectivity index (χ0v) is 14.6. The van der Waals surface area contributed by atoms with Crippen LogP contribution in [0, 0.1) is 6.92 Å². The number of anilines is 1. The van der Waals surface area contributed by atoms with E-state index in [4.69, 9.17) is 4.42 Å². The van der Waals surface area contributed by atoms with Crippen LogP contribution in [0.25, 0.3) is 0 Å².